The van der Waals surface area contributed by atoms with Crippen LogP contribution in [0.2, 0.25) is 5.02 Å². The second-order valence-corrected chi connectivity index (χ2v) is 6.95. The van der Waals surface area contributed by atoms with E-state index in [4.69, 9.17) is 11.6 Å². The van der Waals surface area contributed by atoms with Crippen molar-refractivity contribution in [2.24, 2.45) is 0 Å². The molecule has 1 aromatic carbocycles. The van der Waals surface area contributed by atoms with Crippen LogP contribution in [0.4, 0.5) is 0 Å². The van der Waals surface area contributed by atoms with Crippen LogP contribution in [-0.4, -0.2) is 32.5 Å². The molecule has 122 valence electrons. The highest BCUT2D eigenvalue weighted by Crippen LogP contribution is 2.34. The smallest absolute Gasteiger partial charge is 0.230 e. The van der Waals surface area contributed by atoms with Crippen molar-refractivity contribution in [2.75, 3.05) is 12.3 Å². The Morgan fingerprint density at radius 1 is 1.33 bits per heavy atom. The molecule has 0 aliphatic heterocycles. The molecule has 0 saturated heterocycles. The van der Waals surface area contributed by atoms with Crippen molar-refractivity contribution >= 4 is 51.0 Å². The minimum Gasteiger partial charge on any atom is -0.352 e. The van der Waals surface area contributed by atoms with E-state index in [1.54, 1.807) is 6.08 Å². The Morgan fingerprint density at radius 2 is 2.12 bits per heavy atom. The summed E-state index contributed by atoms with van der Waals surface area (Å²) in [6.45, 7) is 4.03. The van der Waals surface area contributed by atoms with Crippen molar-refractivity contribution in [3.63, 3.8) is 0 Å². The molecule has 0 fully saturated rings. The van der Waals surface area contributed by atoms with Crippen LogP contribution in [0.3, 0.4) is 0 Å². The lowest BCUT2D eigenvalue weighted by Crippen LogP contribution is -2.24. The van der Waals surface area contributed by atoms with E-state index in [1.165, 1.54) is 29.6 Å². The van der Waals surface area contributed by atoms with E-state index < -0.39 is 0 Å². The van der Waals surface area contributed by atoms with Crippen molar-refractivity contribution in [1.82, 2.24) is 19.7 Å². The number of rotatable bonds is 6. The van der Waals surface area contributed by atoms with Crippen LogP contribution < -0.4 is 5.32 Å². The molecule has 0 aliphatic carbocycles. The molecule has 0 saturated carbocycles. The number of amides is 1. The first kappa shape index (κ1) is 16.9. The highest BCUT2D eigenvalue weighted by molar-refractivity contribution is 8.00. The molecule has 2 aromatic heterocycles. The van der Waals surface area contributed by atoms with Gasteiger partial charge in [-0.05, 0) is 23.7 Å². The first-order valence-electron chi connectivity index (χ1n) is 7.05. The number of thioether (sulfide) groups is 1. The summed E-state index contributed by atoms with van der Waals surface area (Å²) < 4.78 is 5.38. The van der Waals surface area contributed by atoms with E-state index in [0.29, 0.717) is 11.6 Å². The Hall–Kier alpha value is -1.96. The summed E-state index contributed by atoms with van der Waals surface area (Å²) in [6.07, 6.45) is 3.15. The van der Waals surface area contributed by atoms with Gasteiger partial charge in [0, 0.05) is 17.1 Å². The largest absolute Gasteiger partial charge is 0.352 e. The van der Waals surface area contributed by atoms with Crippen LogP contribution >= 0.6 is 34.9 Å². The molecule has 2 heterocycles. The molecule has 24 heavy (non-hydrogen) atoms. The molecule has 0 unspecified atom stereocenters. The predicted octanol–water partition coefficient (Wildman–Crippen LogP) is 3.80. The van der Waals surface area contributed by atoms with Gasteiger partial charge in [-0.15, -0.1) is 6.58 Å². The Kier molecular flexibility index (Phi) is 5.44. The summed E-state index contributed by atoms with van der Waals surface area (Å²) in [7, 11) is 0. The summed E-state index contributed by atoms with van der Waals surface area (Å²) >= 11 is 8.64. The maximum atomic E-state index is 11.7. The van der Waals surface area contributed by atoms with Crippen molar-refractivity contribution < 1.29 is 4.79 Å². The average molecular weight is 377 g/mol. The van der Waals surface area contributed by atoms with Gasteiger partial charge in [0.1, 0.15) is 27.3 Å². The fourth-order valence-electron chi connectivity index (χ4n) is 2.01. The maximum absolute atomic E-state index is 11.7. The third-order valence-corrected chi connectivity index (χ3v) is 5.34. The van der Waals surface area contributed by atoms with Gasteiger partial charge in [-0.25, -0.2) is 9.97 Å². The highest BCUT2D eigenvalue weighted by atomic mass is 35.5. The molecule has 0 radical (unpaired) electrons. The standard InChI is InChI=1S/C16H13ClN4OS2/c1-2-7-18-12(22)8-23-16-15-14(19-9-20-16)13(21-24-15)10-3-5-11(17)6-4-10/h2-6,9H,1,7-8H2,(H,18,22). The molecular formula is C16H13ClN4OS2. The summed E-state index contributed by atoms with van der Waals surface area (Å²) in [6, 6.07) is 7.47. The predicted molar refractivity (Wildman–Crippen MR) is 99.6 cm³/mol. The quantitative estimate of drug-likeness (QED) is 0.402. The highest BCUT2D eigenvalue weighted by Gasteiger charge is 2.15. The van der Waals surface area contributed by atoms with Crippen molar-refractivity contribution in [3.8, 4) is 11.3 Å². The van der Waals surface area contributed by atoms with Crippen molar-refractivity contribution in [2.45, 2.75) is 5.03 Å². The molecule has 5 nitrogen and oxygen atoms in total. The third kappa shape index (κ3) is 3.75. The SMILES string of the molecule is C=CCNC(=O)CSc1ncnc2c(-c3ccc(Cl)cc3)nsc12. The number of halogens is 1. The zero-order valence-corrected chi connectivity index (χ0v) is 14.9. The van der Waals surface area contributed by atoms with E-state index in [9.17, 15) is 4.79 Å². The number of aromatic nitrogens is 3. The Balaban J connectivity index is 1.85. The van der Waals surface area contributed by atoms with E-state index >= 15 is 0 Å². The van der Waals surface area contributed by atoms with Gasteiger partial charge in [0.15, 0.2) is 0 Å². The zero-order valence-electron chi connectivity index (χ0n) is 12.5. The maximum Gasteiger partial charge on any atom is 0.230 e. The van der Waals surface area contributed by atoms with Gasteiger partial charge in [0.25, 0.3) is 0 Å². The normalized spacial score (nSPS) is 10.7. The molecule has 0 spiro atoms. The Bertz CT molecular complexity index is 879. The minimum atomic E-state index is -0.0610. The summed E-state index contributed by atoms with van der Waals surface area (Å²) in [5, 5.41) is 4.17. The van der Waals surface area contributed by atoms with Gasteiger partial charge in [0.2, 0.25) is 5.91 Å². The lowest BCUT2D eigenvalue weighted by atomic mass is 10.1. The topological polar surface area (TPSA) is 67.8 Å². The first-order chi connectivity index (χ1) is 11.7. The van der Waals surface area contributed by atoms with Crippen LogP contribution in [0.1, 0.15) is 0 Å². The first-order valence-corrected chi connectivity index (χ1v) is 9.19. The van der Waals surface area contributed by atoms with Crippen LogP contribution in [0.15, 0.2) is 48.3 Å². The summed E-state index contributed by atoms with van der Waals surface area (Å²) in [5.41, 5.74) is 2.53. The number of hydrogen-bond acceptors (Lipinski definition) is 6. The molecule has 8 heteroatoms. The molecule has 1 amide bonds. The molecule has 0 aliphatic rings. The van der Waals surface area contributed by atoms with Gasteiger partial charge >= 0.3 is 0 Å². The van der Waals surface area contributed by atoms with Crippen molar-refractivity contribution in [1.29, 1.82) is 0 Å². The van der Waals surface area contributed by atoms with Crippen LogP contribution in [0, 0.1) is 0 Å². The fraction of sp³-hybridized carbons (Fsp3) is 0.125. The molecule has 0 atom stereocenters. The monoisotopic (exact) mass is 376 g/mol. The molecule has 0 bridgehead atoms. The zero-order chi connectivity index (χ0) is 16.9. The molecule has 3 rings (SSSR count). The molecule has 3 aromatic rings. The molecule has 1 N–H and O–H groups in total. The van der Waals surface area contributed by atoms with Crippen LogP contribution in [-0.2, 0) is 4.79 Å². The second kappa shape index (κ2) is 7.74. The van der Waals surface area contributed by atoms with Gasteiger partial charge in [-0.3, -0.25) is 4.79 Å². The number of fused-ring (bicyclic) bond motifs is 1. The number of nitrogens with one attached hydrogen (secondary N) is 1. The molecular weight excluding hydrogens is 364 g/mol. The van der Waals surface area contributed by atoms with Gasteiger partial charge in [0.05, 0.1) is 5.75 Å². The van der Waals surface area contributed by atoms with E-state index in [1.807, 2.05) is 24.3 Å². The van der Waals surface area contributed by atoms with Crippen LogP contribution in [0.5, 0.6) is 0 Å². The summed E-state index contributed by atoms with van der Waals surface area (Å²) in [5.74, 6) is 0.225. The lowest BCUT2D eigenvalue weighted by Gasteiger charge is -2.03. The number of carbonyl (C=O) groups is 1. The lowest BCUT2D eigenvalue weighted by molar-refractivity contribution is -0.118. The average Bonchev–Trinajstić information content (AvgIpc) is 3.03. The fourth-order valence-corrected chi connectivity index (χ4v) is 3.89. The van der Waals surface area contributed by atoms with Crippen LogP contribution in [0.25, 0.3) is 21.5 Å². The number of benzene rings is 1. The van der Waals surface area contributed by atoms with Gasteiger partial charge in [-0.2, -0.15) is 4.37 Å². The van der Waals surface area contributed by atoms with Gasteiger partial charge < -0.3 is 5.32 Å². The number of nitrogens with zero attached hydrogens (tertiary/aromatic N) is 3. The van der Waals surface area contributed by atoms with Crippen molar-refractivity contribution in [3.05, 3.63) is 48.3 Å². The third-order valence-electron chi connectivity index (χ3n) is 3.12. The minimum absolute atomic E-state index is 0.0610. The Morgan fingerprint density at radius 3 is 2.88 bits per heavy atom. The second-order valence-electron chi connectivity index (χ2n) is 4.78. The van der Waals surface area contributed by atoms with E-state index in [-0.39, 0.29) is 11.7 Å². The number of carbonyl (C=O) groups excluding carboxylic acids is 1. The van der Waals surface area contributed by atoms with Gasteiger partial charge in [-0.1, -0.05) is 41.6 Å². The summed E-state index contributed by atoms with van der Waals surface area (Å²) in [4.78, 5) is 20.4. The Labute approximate surface area is 152 Å². The number of hydrogen-bond donors (Lipinski definition) is 1. The van der Waals surface area contributed by atoms with E-state index in [0.717, 1.165) is 26.5 Å². The van der Waals surface area contributed by atoms with E-state index in [2.05, 4.69) is 26.2 Å².